The van der Waals surface area contributed by atoms with Crippen LogP contribution in [0.5, 0.6) is 0 Å². The van der Waals surface area contributed by atoms with Gasteiger partial charge < -0.3 is 15.2 Å². The van der Waals surface area contributed by atoms with E-state index in [1.165, 1.54) is 0 Å². The monoisotopic (exact) mass is 187 g/mol. The number of hydrogen-bond donors (Lipinski definition) is 1. The molecule has 0 aromatic rings. The Balaban J connectivity index is 2.33. The molecular weight excluding hydrogens is 170 g/mol. The molecule has 0 saturated carbocycles. The lowest BCUT2D eigenvalue weighted by Crippen LogP contribution is -2.58. The number of carbonyl (C=O) groups excluding carboxylic acids is 1. The van der Waals surface area contributed by atoms with Gasteiger partial charge in [-0.1, -0.05) is 0 Å². The summed E-state index contributed by atoms with van der Waals surface area (Å²) in [6.07, 6.45) is 0.240. The molecule has 1 fully saturated rings. The molecule has 0 aliphatic carbocycles. The van der Waals surface area contributed by atoms with Gasteiger partial charge in [0.05, 0.1) is 25.2 Å². The highest BCUT2D eigenvalue weighted by Gasteiger charge is 2.37. The fraction of sp³-hybridized carbons (Fsp3) is 0.889. The smallest absolute Gasteiger partial charge is 0.308 e. The number of carbonyl (C=O) groups is 1. The summed E-state index contributed by atoms with van der Waals surface area (Å²) in [5.74, 6) is -0.252. The van der Waals surface area contributed by atoms with E-state index >= 15 is 0 Å². The van der Waals surface area contributed by atoms with Crippen molar-refractivity contribution >= 4 is 5.97 Å². The molecule has 1 rings (SSSR count). The van der Waals surface area contributed by atoms with Crippen molar-refractivity contribution in [2.45, 2.75) is 38.3 Å². The van der Waals surface area contributed by atoms with Gasteiger partial charge in [0.25, 0.3) is 0 Å². The van der Waals surface area contributed by atoms with Crippen LogP contribution < -0.4 is 5.73 Å². The van der Waals surface area contributed by atoms with Gasteiger partial charge in [0.1, 0.15) is 5.60 Å². The summed E-state index contributed by atoms with van der Waals surface area (Å²) in [6, 6.07) is 0. The minimum Gasteiger partial charge on any atom is -0.460 e. The number of nitrogens with two attached hydrogens (primary N) is 1. The van der Waals surface area contributed by atoms with Crippen molar-refractivity contribution in [3.05, 3.63) is 0 Å². The molecule has 0 atom stereocenters. The van der Waals surface area contributed by atoms with Crippen molar-refractivity contribution in [2.24, 2.45) is 5.73 Å². The third-order valence-corrected chi connectivity index (χ3v) is 1.70. The van der Waals surface area contributed by atoms with Crippen molar-refractivity contribution in [1.29, 1.82) is 0 Å². The van der Waals surface area contributed by atoms with E-state index in [2.05, 4.69) is 0 Å². The zero-order valence-electron chi connectivity index (χ0n) is 8.42. The Morgan fingerprint density at radius 1 is 1.54 bits per heavy atom. The SMILES string of the molecule is CC(C)(C)OC(=O)CC1(N)COC1. The van der Waals surface area contributed by atoms with Crippen LogP contribution in [0.2, 0.25) is 0 Å². The largest absolute Gasteiger partial charge is 0.460 e. The van der Waals surface area contributed by atoms with E-state index in [1.54, 1.807) is 0 Å². The van der Waals surface area contributed by atoms with Gasteiger partial charge in [-0.15, -0.1) is 0 Å². The Morgan fingerprint density at radius 2 is 2.08 bits per heavy atom. The molecule has 0 aromatic carbocycles. The zero-order chi connectivity index (χ0) is 10.1. The van der Waals surface area contributed by atoms with Crippen LogP contribution in [0.4, 0.5) is 0 Å². The van der Waals surface area contributed by atoms with Crippen LogP contribution in [0.15, 0.2) is 0 Å². The molecule has 4 nitrogen and oxygen atoms in total. The fourth-order valence-electron chi connectivity index (χ4n) is 1.13. The minimum atomic E-state index is -0.484. The normalized spacial score (nSPS) is 20.6. The molecule has 4 heteroatoms. The van der Waals surface area contributed by atoms with Crippen molar-refractivity contribution in [2.75, 3.05) is 13.2 Å². The number of rotatable bonds is 2. The standard InChI is InChI=1S/C9H17NO3/c1-8(2,3)13-7(11)4-9(10)5-12-6-9/h4-6,10H2,1-3H3. The van der Waals surface area contributed by atoms with E-state index in [0.29, 0.717) is 13.2 Å². The number of ether oxygens (including phenoxy) is 2. The topological polar surface area (TPSA) is 61.5 Å². The zero-order valence-corrected chi connectivity index (χ0v) is 8.42. The van der Waals surface area contributed by atoms with Gasteiger partial charge >= 0.3 is 5.97 Å². The predicted molar refractivity (Wildman–Crippen MR) is 48.2 cm³/mol. The van der Waals surface area contributed by atoms with Gasteiger partial charge in [0, 0.05) is 0 Å². The fourth-order valence-corrected chi connectivity index (χ4v) is 1.13. The maximum absolute atomic E-state index is 11.3. The highest BCUT2D eigenvalue weighted by molar-refractivity contribution is 5.71. The first-order chi connectivity index (χ1) is 5.81. The van der Waals surface area contributed by atoms with Gasteiger partial charge in [0.15, 0.2) is 0 Å². The molecule has 1 heterocycles. The van der Waals surface area contributed by atoms with Gasteiger partial charge in [0.2, 0.25) is 0 Å². The molecule has 0 spiro atoms. The van der Waals surface area contributed by atoms with E-state index in [0.717, 1.165) is 0 Å². The minimum absolute atomic E-state index is 0.240. The van der Waals surface area contributed by atoms with Gasteiger partial charge in [-0.2, -0.15) is 0 Å². The van der Waals surface area contributed by atoms with Gasteiger partial charge in [-0.05, 0) is 20.8 Å². The molecule has 0 radical (unpaired) electrons. The van der Waals surface area contributed by atoms with E-state index in [1.807, 2.05) is 20.8 Å². The van der Waals surface area contributed by atoms with Gasteiger partial charge in [-0.25, -0.2) is 0 Å². The second-order valence-corrected chi connectivity index (χ2v) is 4.62. The summed E-state index contributed by atoms with van der Waals surface area (Å²) in [7, 11) is 0. The van der Waals surface area contributed by atoms with Crippen molar-refractivity contribution in [1.82, 2.24) is 0 Å². The third-order valence-electron chi connectivity index (χ3n) is 1.70. The number of esters is 1. The quantitative estimate of drug-likeness (QED) is 0.637. The summed E-state index contributed by atoms with van der Waals surface area (Å²) in [4.78, 5) is 11.3. The second-order valence-electron chi connectivity index (χ2n) is 4.62. The average Bonchev–Trinajstić information content (AvgIpc) is 1.79. The van der Waals surface area contributed by atoms with Crippen molar-refractivity contribution < 1.29 is 14.3 Å². The maximum Gasteiger partial charge on any atom is 0.308 e. The van der Waals surface area contributed by atoms with Crippen molar-refractivity contribution in [3.8, 4) is 0 Å². The lowest BCUT2D eigenvalue weighted by molar-refractivity contribution is -0.161. The lowest BCUT2D eigenvalue weighted by atomic mass is 9.95. The Morgan fingerprint density at radius 3 is 2.38 bits per heavy atom. The summed E-state index contributed by atoms with van der Waals surface area (Å²) < 4.78 is 10.1. The molecule has 76 valence electrons. The van der Waals surface area contributed by atoms with Crippen LogP contribution in [0.1, 0.15) is 27.2 Å². The van der Waals surface area contributed by atoms with Gasteiger partial charge in [-0.3, -0.25) is 4.79 Å². The van der Waals surface area contributed by atoms with Crippen LogP contribution in [-0.2, 0) is 14.3 Å². The molecule has 0 amide bonds. The van der Waals surface area contributed by atoms with Crippen LogP contribution in [0.3, 0.4) is 0 Å². The number of hydrogen-bond acceptors (Lipinski definition) is 4. The first kappa shape index (κ1) is 10.5. The van der Waals surface area contributed by atoms with Crippen LogP contribution in [0, 0.1) is 0 Å². The molecule has 13 heavy (non-hydrogen) atoms. The Hall–Kier alpha value is -0.610. The summed E-state index contributed by atoms with van der Waals surface area (Å²) in [5.41, 5.74) is 4.88. The molecule has 0 bridgehead atoms. The maximum atomic E-state index is 11.3. The second kappa shape index (κ2) is 3.27. The first-order valence-corrected chi connectivity index (χ1v) is 4.39. The third kappa shape index (κ3) is 3.32. The molecule has 0 unspecified atom stereocenters. The molecule has 1 saturated heterocycles. The average molecular weight is 187 g/mol. The Labute approximate surface area is 78.4 Å². The summed E-state index contributed by atoms with van der Waals surface area (Å²) in [6.45, 7) is 6.42. The van der Waals surface area contributed by atoms with Crippen LogP contribution in [0.25, 0.3) is 0 Å². The van der Waals surface area contributed by atoms with Crippen LogP contribution in [-0.4, -0.2) is 30.3 Å². The van der Waals surface area contributed by atoms with E-state index in [9.17, 15) is 4.79 Å². The van der Waals surface area contributed by atoms with E-state index < -0.39 is 11.1 Å². The molecule has 0 aromatic heterocycles. The summed E-state index contributed by atoms with van der Waals surface area (Å²) in [5, 5.41) is 0. The lowest BCUT2D eigenvalue weighted by Gasteiger charge is -2.37. The molecule has 2 N–H and O–H groups in total. The predicted octanol–water partition coefficient (Wildman–Crippen LogP) is 0.446. The Kier molecular flexibility index (Phi) is 2.63. The highest BCUT2D eigenvalue weighted by Crippen LogP contribution is 2.19. The first-order valence-electron chi connectivity index (χ1n) is 4.39. The molecule has 1 aliphatic rings. The van der Waals surface area contributed by atoms with Crippen molar-refractivity contribution in [3.63, 3.8) is 0 Å². The highest BCUT2D eigenvalue weighted by atomic mass is 16.6. The summed E-state index contributed by atoms with van der Waals surface area (Å²) >= 11 is 0. The molecular formula is C9H17NO3. The van der Waals surface area contributed by atoms with Crippen LogP contribution >= 0.6 is 0 Å². The van der Waals surface area contributed by atoms with E-state index in [4.69, 9.17) is 15.2 Å². The van der Waals surface area contributed by atoms with E-state index in [-0.39, 0.29) is 12.4 Å². The molecule has 1 aliphatic heterocycles. The Bertz CT molecular complexity index is 203.